The lowest BCUT2D eigenvalue weighted by Gasteiger charge is -2.09. The predicted octanol–water partition coefficient (Wildman–Crippen LogP) is 4.08. The molecule has 0 aliphatic rings. The molecule has 0 aliphatic carbocycles. The lowest BCUT2D eigenvalue weighted by atomic mass is 10.1. The average molecular weight is 316 g/mol. The SMILES string of the molecule is COC(=O)c1cccc2c1ccn2-c1cc(Cl)cc(OC)c1. The fraction of sp³-hybridized carbons (Fsp3) is 0.118. The van der Waals surface area contributed by atoms with Crippen molar-refractivity contribution in [1.29, 1.82) is 0 Å². The van der Waals surface area contributed by atoms with Crippen LogP contribution >= 0.6 is 11.6 Å². The quantitative estimate of drug-likeness (QED) is 0.684. The van der Waals surface area contributed by atoms with E-state index in [-0.39, 0.29) is 5.97 Å². The summed E-state index contributed by atoms with van der Waals surface area (Å²) in [5, 5.41) is 1.41. The van der Waals surface area contributed by atoms with Gasteiger partial charge in [0.05, 0.1) is 31.0 Å². The first-order valence-corrected chi connectivity index (χ1v) is 7.05. The Labute approximate surface area is 132 Å². The smallest absolute Gasteiger partial charge is 0.338 e. The molecule has 1 aromatic heterocycles. The number of hydrogen-bond acceptors (Lipinski definition) is 3. The first-order chi connectivity index (χ1) is 10.6. The van der Waals surface area contributed by atoms with Gasteiger partial charge in [0.25, 0.3) is 0 Å². The summed E-state index contributed by atoms with van der Waals surface area (Å²) < 4.78 is 12.0. The standard InChI is InChI=1S/C17H14ClNO3/c1-21-13-9-11(18)8-12(10-13)19-7-6-14-15(17(20)22-2)4-3-5-16(14)19/h3-10H,1-2H3. The van der Waals surface area contributed by atoms with E-state index in [0.717, 1.165) is 16.6 Å². The summed E-state index contributed by atoms with van der Waals surface area (Å²) in [5.74, 6) is 0.320. The van der Waals surface area contributed by atoms with Crippen LogP contribution < -0.4 is 4.74 Å². The molecular formula is C17H14ClNO3. The van der Waals surface area contributed by atoms with Crippen molar-refractivity contribution in [2.75, 3.05) is 14.2 Å². The Hall–Kier alpha value is -2.46. The van der Waals surface area contributed by atoms with Gasteiger partial charge in [0.1, 0.15) is 5.75 Å². The normalized spacial score (nSPS) is 10.7. The van der Waals surface area contributed by atoms with E-state index in [1.807, 2.05) is 41.1 Å². The second kappa shape index (κ2) is 5.73. The highest BCUT2D eigenvalue weighted by atomic mass is 35.5. The molecule has 0 fully saturated rings. The van der Waals surface area contributed by atoms with Crippen LogP contribution in [0.25, 0.3) is 16.6 Å². The Morgan fingerprint density at radius 1 is 1.14 bits per heavy atom. The molecule has 4 nitrogen and oxygen atoms in total. The fourth-order valence-electron chi connectivity index (χ4n) is 2.49. The summed E-state index contributed by atoms with van der Waals surface area (Å²) >= 11 is 6.13. The Kier molecular flexibility index (Phi) is 3.77. The zero-order chi connectivity index (χ0) is 15.7. The van der Waals surface area contributed by atoms with Gasteiger partial charge in [-0.1, -0.05) is 17.7 Å². The van der Waals surface area contributed by atoms with E-state index in [0.29, 0.717) is 16.3 Å². The van der Waals surface area contributed by atoms with Crippen LogP contribution in [0.2, 0.25) is 5.02 Å². The summed E-state index contributed by atoms with van der Waals surface area (Å²) in [6.07, 6.45) is 1.89. The molecule has 0 spiro atoms. The molecule has 0 saturated heterocycles. The maximum atomic E-state index is 11.9. The van der Waals surface area contributed by atoms with Gasteiger partial charge in [-0.25, -0.2) is 4.79 Å². The van der Waals surface area contributed by atoms with E-state index in [9.17, 15) is 4.79 Å². The lowest BCUT2D eigenvalue weighted by molar-refractivity contribution is 0.0603. The molecule has 0 N–H and O–H groups in total. The topological polar surface area (TPSA) is 40.5 Å². The Morgan fingerprint density at radius 3 is 2.68 bits per heavy atom. The van der Waals surface area contributed by atoms with Crippen LogP contribution in [-0.2, 0) is 4.74 Å². The number of rotatable bonds is 3. The van der Waals surface area contributed by atoms with Gasteiger partial charge in [-0.15, -0.1) is 0 Å². The molecule has 0 atom stereocenters. The molecule has 0 amide bonds. The van der Waals surface area contributed by atoms with Crippen LogP contribution in [-0.4, -0.2) is 24.8 Å². The third-order valence-electron chi connectivity index (χ3n) is 3.51. The van der Waals surface area contributed by atoms with Crippen LogP contribution in [0, 0.1) is 0 Å². The number of aromatic nitrogens is 1. The van der Waals surface area contributed by atoms with E-state index in [1.165, 1.54) is 7.11 Å². The van der Waals surface area contributed by atoms with Crippen LogP contribution in [0.5, 0.6) is 5.75 Å². The van der Waals surface area contributed by atoms with Gasteiger partial charge in [-0.2, -0.15) is 0 Å². The largest absolute Gasteiger partial charge is 0.497 e. The monoisotopic (exact) mass is 315 g/mol. The summed E-state index contributed by atoms with van der Waals surface area (Å²) in [6, 6.07) is 12.9. The van der Waals surface area contributed by atoms with E-state index in [1.54, 1.807) is 19.2 Å². The predicted molar refractivity (Wildman–Crippen MR) is 86.2 cm³/mol. The van der Waals surface area contributed by atoms with Crippen molar-refractivity contribution in [3.05, 3.63) is 59.2 Å². The number of methoxy groups -OCH3 is 2. The molecule has 112 valence electrons. The minimum absolute atomic E-state index is 0.355. The zero-order valence-electron chi connectivity index (χ0n) is 12.2. The molecule has 0 unspecified atom stereocenters. The highest BCUT2D eigenvalue weighted by Gasteiger charge is 2.13. The lowest BCUT2D eigenvalue weighted by Crippen LogP contribution is -2.01. The van der Waals surface area contributed by atoms with Gasteiger partial charge in [0.15, 0.2) is 0 Å². The van der Waals surface area contributed by atoms with Crippen molar-refractivity contribution in [3.63, 3.8) is 0 Å². The molecule has 0 saturated carbocycles. The van der Waals surface area contributed by atoms with Crippen LogP contribution in [0.4, 0.5) is 0 Å². The van der Waals surface area contributed by atoms with Crippen molar-refractivity contribution >= 4 is 28.5 Å². The minimum atomic E-state index is -0.355. The molecule has 2 aromatic carbocycles. The zero-order valence-corrected chi connectivity index (χ0v) is 12.9. The summed E-state index contributed by atoms with van der Waals surface area (Å²) in [4.78, 5) is 11.9. The second-order valence-electron chi connectivity index (χ2n) is 4.76. The van der Waals surface area contributed by atoms with Crippen molar-refractivity contribution in [3.8, 4) is 11.4 Å². The first kappa shape index (κ1) is 14.5. The van der Waals surface area contributed by atoms with Gasteiger partial charge < -0.3 is 14.0 Å². The molecule has 1 heterocycles. The molecule has 0 radical (unpaired) electrons. The van der Waals surface area contributed by atoms with Crippen molar-refractivity contribution in [2.24, 2.45) is 0 Å². The molecule has 3 rings (SSSR count). The third-order valence-corrected chi connectivity index (χ3v) is 3.73. The number of fused-ring (bicyclic) bond motifs is 1. The Morgan fingerprint density at radius 2 is 1.95 bits per heavy atom. The number of nitrogens with zero attached hydrogens (tertiary/aromatic N) is 1. The molecular weight excluding hydrogens is 302 g/mol. The Balaban J connectivity index is 2.21. The van der Waals surface area contributed by atoms with E-state index >= 15 is 0 Å². The first-order valence-electron chi connectivity index (χ1n) is 6.67. The van der Waals surface area contributed by atoms with Crippen LogP contribution in [0.1, 0.15) is 10.4 Å². The highest BCUT2D eigenvalue weighted by Crippen LogP contribution is 2.28. The van der Waals surface area contributed by atoms with Gasteiger partial charge in [0.2, 0.25) is 0 Å². The van der Waals surface area contributed by atoms with Crippen LogP contribution in [0.15, 0.2) is 48.7 Å². The summed E-state index contributed by atoms with van der Waals surface area (Å²) in [6.45, 7) is 0. The number of esters is 1. The third kappa shape index (κ3) is 2.42. The molecule has 0 aliphatic heterocycles. The van der Waals surface area contributed by atoms with Gasteiger partial charge >= 0.3 is 5.97 Å². The van der Waals surface area contributed by atoms with Gasteiger partial charge in [-0.05, 0) is 30.3 Å². The fourth-order valence-corrected chi connectivity index (χ4v) is 2.70. The van der Waals surface area contributed by atoms with E-state index < -0.39 is 0 Å². The number of halogens is 1. The summed E-state index contributed by atoms with van der Waals surface area (Å²) in [7, 11) is 2.97. The van der Waals surface area contributed by atoms with Gasteiger partial charge in [-0.3, -0.25) is 0 Å². The number of carbonyl (C=O) groups excluding carboxylic acids is 1. The second-order valence-corrected chi connectivity index (χ2v) is 5.20. The maximum Gasteiger partial charge on any atom is 0.338 e. The number of carbonyl (C=O) groups is 1. The number of hydrogen-bond donors (Lipinski definition) is 0. The van der Waals surface area contributed by atoms with E-state index in [2.05, 4.69) is 0 Å². The average Bonchev–Trinajstić information content (AvgIpc) is 2.97. The molecule has 22 heavy (non-hydrogen) atoms. The molecule has 0 bridgehead atoms. The van der Waals surface area contributed by atoms with Crippen molar-refractivity contribution < 1.29 is 14.3 Å². The minimum Gasteiger partial charge on any atom is -0.497 e. The van der Waals surface area contributed by atoms with Gasteiger partial charge in [0, 0.05) is 22.7 Å². The molecule has 3 aromatic rings. The van der Waals surface area contributed by atoms with Crippen molar-refractivity contribution in [2.45, 2.75) is 0 Å². The number of benzene rings is 2. The summed E-state index contributed by atoms with van der Waals surface area (Å²) in [5.41, 5.74) is 2.29. The molecule has 5 heteroatoms. The number of ether oxygens (including phenoxy) is 2. The maximum absolute atomic E-state index is 11.9. The highest BCUT2D eigenvalue weighted by molar-refractivity contribution is 6.30. The van der Waals surface area contributed by atoms with Crippen LogP contribution in [0.3, 0.4) is 0 Å². The Bertz CT molecular complexity index is 854. The van der Waals surface area contributed by atoms with Crippen molar-refractivity contribution in [1.82, 2.24) is 4.57 Å². The van der Waals surface area contributed by atoms with E-state index in [4.69, 9.17) is 21.1 Å².